The Balaban J connectivity index is 1.49. The van der Waals surface area contributed by atoms with Gasteiger partial charge in [-0.05, 0) is 25.1 Å². The molecule has 1 fully saturated rings. The molecule has 1 saturated heterocycles. The van der Waals surface area contributed by atoms with Crippen LogP contribution in [0.4, 0.5) is 5.82 Å². The van der Waals surface area contributed by atoms with E-state index in [2.05, 4.69) is 15.0 Å². The summed E-state index contributed by atoms with van der Waals surface area (Å²) in [7, 11) is 0. The minimum absolute atomic E-state index is 0.109. The van der Waals surface area contributed by atoms with Crippen LogP contribution in [0.5, 0.6) is 0 Å². The van der Waals surface area contributed by atoms with Crippen LogP contribution in [-0.4, -0.2) is 51.6 Å². The van der Waals surface area contributed by atoms with Crippen LogP contribution in [0.1, 0.15) is 15.9 Å². The molecule has 0 spiro atoms. The number of benzene rings is 1. The van der Waals surface area contributed by atoms with Crippen LogP contribution in [-0.2, 0) is 0 Å². The lowest BCUT2D eigenvalue weighted by atomic mass is 10.1. The first-order chi connectivity index (χ1) is 11.7. The number of aryl methyl sites for hydroxylation is 1. The van der Waals surface area contributed by atoms with Gasteiger partial charge in [0.2, 0.25) is 0 Å². The van der Waals surface area contributed by atoms with E-state index in [0.717, 1.165) is 35.7 Å². The molecule has 1 aromatic carbocycles. The van der Waals surface area contributed by atoms with Crippen LogP contribution in [0.3, 0.4) is 0 Å². The summed E-state index contributed by atoms with van der Waals surface area (Å²) in [5.41, 5.74) is 2.71. The summed E-state index contributed by atoms with van der Waals surface area (Å²) in [5.74, 6) is 1.13. The lowest BCUT2D eigenvalue weighted by molar-refractivity contribution is 0.0746. The third-order valence-corrected chi connectivity index (χ3v) is 4.43. The quantitative estimate of drug-likeness (QED) is 0.724. The number of amides is 1. The summed E-state index contributed by atoms with van der Waals surface area (Å²) < 4.78 is 1.85. The van der Waals surface area contributed by atoms with Gasteiger partial charge >= 0.3 is 0 Å². The van der Waals surface area contributed by atoms with Crippen LogP contribution in [0.25, 0.3) is 5.65 Å². The van der Waals surface area contributed by atoms with Crippen molar-refractivity contribution in [2.24, 2.45) is 0 Å². The molecule has 4 rings (SSSR count). The molecule has 122 valence electrons. The van der Waals surface area contributed by atoms with Crippen molar-refractivity contribution < 1.29 is 4.79 Å². The first kappa shape index (κ1) is 14.7. The van der Waals surface area contributed by atoms with Gasteiger partial charge in [-0.25, -0.2) is 4.98 Å². The molecule has 0 unspecified atom stereocenters. The molecule has 1 aliphatic rings. The lowest BCUT2D eigenvalue weighted by Crippen LogP contribution is -2.49. The number of carbonyl (C=O) groups is 1. The van der Waals surface area contributed by atoms with Gasteiger partial charge < -0.3 is 9.80 Å². The van der Waals surface area contributed by atoms with E-state index < -0.39 is 0 Å². The normalized spacial score (nSPS) is 15.0. The summed E-state index contributed by atoms with van der Waals surface area (Å²) in [5, 5.41) is 4.34. The SMILES string of the molecule is Cc1cccc(C(=O)N2CCN(c3ccnc4ccnn34)CC2)c1. The Morgan fingerprint density at radius 2 is 1.88 bits per heavy atom. The summed E-state index contributed by atoms with van der Waals surface area (Å²) in [6.45, 7) is 5.00. The van der Waals surface area contributed by atoms with Gasteiger partial charge in [-0.2, -0.15) is 9.61 Å². The largest absolute Gasteiger partial charge is 0.353 e. The molecule has 3 heterocycles. The van der Waals surface area contributed by atoms with Crippen molar-refractivity contribution >= 4 is 17.4 Å². The number of carbonyl (C=O) groups excluding carboxylic acids is 1. The smallest absolute Gasteiger partial charge is 0.253 e. The van der Waals surface area contributed by atoms with Crippen molar-refractivity contribution in [3.8, 4) is 0 Å². The Morgan fingerprint density at radius 3 is 2.67 bits per heavy atom. The van der Waals surface area contributed by atoms with E-state index in [1.165, 1.54) is 0 Å². The molecule has 0 radical (unpaired) electrons. The summed E-state index contributed by atoms with van der Waals surface area (Å²) in [6, 6.07) is 11.6. The number of hydrogen-bond donors (Lipinski definition) is 0. The summed E-state index contributed by atoms with van der Waals surface area (Å²) in [4.78, 5) is 21.1. The number of fused-ring (bicyclic) bond motifs is 1. The topological polar surface area (TPSA) is 53.7 Å². The fourth-order valence-corrected chi connectivity index (χ4v) is 3.16. The summed E-state index contributed by atoms with van der Waals surface area (Å²) in [6.07, 6.45) is 3.56. The standard InChI is InChI=1S/C18H19N5O/c1-14-3-2-4-15(13-14)18(24)22-11-9-21(10-12-22)17-6-7-19-16-5-8-20-23(16)17/h2-8,13H,9-12H2,1H3. The second-order valence-corrected chi connectivity index (χ2v) is 6.05. The number of piperazine rings is 1. The third-order valence-electron chi connectivity index (χ3n) is 4.43. The zero-order valence-electron chi connectivity index (χ0n) is 13.6. The monoisotopic (exact) mass is 321 g/mol. The van der Waals surface area contributed by atoms with Crippen molar-refractivity contribution in [1.29, 1.82) is 0 Å². The highest BCUT2D eigenvalue weighted by molar-refractivity contribution is 5.94. The van der Waals surface area contributed by atoms with Gasteiger partial charge in [0.1, 0.15) is 5.82 Å². The van der Waals surface area contributed by atoms with Gasteiger partial charge in [-0.3, -0.25) is 4.79 Å². The number of nitrogens with zero attached hydrogens (tertiary/aromatic N) is 5. The Kier molecular flexibility index (Phi) is 3.65. The van der Waals surface area contributed by atoms with E-state index in [9.17, 15) is 4.79 Å². The van der Waals surface area contributed by atoms with Gasteiger partial charge in [0, 0.05) is 44.0 Å². The van der Waals surface area contributed by atoms with E-state index in [-0.39, 0.29) is 5.91 Å². The Hall–Kier alpha value is -2.89. The minimum Gasteiger partial charge on any atom is -0.353 e. The zero-order chi connectivity index (χ0) is 16.5. The molecule has 24 heavy (non-hydrogen) atoms. The van der Waals surface area contributed by atoms with Crippen LogP contribution >= 0.6 is 0 Å². The first-order valence-corrected chi connectivity index (χ1v) is 8.12. The molecular weight excluding hydrogens is 302 g/mol. The maximum atomic E-state index is 12.6. The Morgan fingerprint density at radius 1 is 1.04 bits per heavy atom. The molecular formula is C18H19N5O. The van der Waals surface area contributed by atoms with Crippen molar-refractivity contribution in [1.82, 2.24) is 19.5 Å². The number of rotatable bonds is 2. The van der Waals surface area contributed by atoms with E-state index in [4.69, 9.17) is 0 Å². The number of aromatic nitrogens is 3. The number of hydrogen-bond acceptors (Lipinski definition) is 4. The average Bonchev–Trinajstić information content (AvgIpc) is 3.10. The molecule has 1 amide bonds. The average molecular weight is 321 g/mol. The van der Waals surface area contributed by atoms with Crippen LogP contribution < -0.4 is 4.90 Å². The van der Waals surface area contributed by atoms with Crippen LogP contribution in [0.2, 0.25) is 0 Å². The van der Waals surface area contributed by atoms with Crippen LogP contribution in [0, 0.1) is 6.92 Å². The first-order valence-electron chi connectivity index (χ1n) is 8.12. The zero-order valence-corrected chi connectivity index (χ0v) is 13.6. The van der Waals surface area contributed by atoms with E-state index in [0.29, 0.717) is 13.1 Å². The van der Waals surface area contributed by atoms with Crippen molar-refractivity contribution in [3.05, 3.63) is 59.9 Å². The number of anilines is 1. The molecule has 1 aliphatic heterocycles. The fourth-order valence-electron chi connectivity index (χ4n) is 3.16. The van der Waals surface area contributed by atoms with Gasteiger partial charge in [-0.15, -0.1) is 0 Å². The fraction of sp³-hybridized carbons (Fsp3) is 0.278. The van der Waals surface area contributed by atoms with Gasteiger partial charge in [-0.1, -0.05) is 17.7 Å². The predicted molar refractivity (Wildman–Crippen MR) is 92.3 cm³/mol. The highest BCUT2D eigenvalue weighted by atomic mass is 16.2. The molecule has 0 aliphatic carbocycles. The molecule has 3 aromatic rings. The maximum Gasteiger partial charge on any atom is 0.253 e. The van der Waals surface area contributed by atoms with Gasteiger partial charge in [0.25, 0.3) is 5.91 Å². The van der Waals surface area contributed by atoms with Crippen molar-refractivity contribution in [2.45, 2.75) is 6.92 Å². The molecule has 0 atom stereocenters. The lowest BCUT2D eigenvalue weighted by Gasteiger charge is -2.36. The highest BCUT2D eigenvalue weighted by Gasteiger charge is 2.23. The maximum absolute atomic E-state index is 12.6. The molecule has 2 aromatic heterocycles. The molecule has 6 nitrogen and oxygen atoms in total. The van der Waals surface area contributed by atoms with E-state index in [1.54, 1.807) is 12.4 Å². The second kappa shape index (κ2) is 5.96. The van der Waals surface area contributed by atoms with Crippen LogP contribution in [0.15, 0.2) is 48.8 Å². The molecule has 0 saturated carbocycles. The predicted octanol–water partition coefficient (Wildman–Crippen LogP) is 2.00. The molecule has 0 bridgehead atoms. The van der Waals surface area contributed by atoms with Gasteiger partial charge in [0.15, 0.2) is 5.65 Å². The van der Waals surface area contributed by atoms with Gasteiger partial charge in [0.05, 0.1) is 6.20 Å². The van der Waals surface area contributed by atoms with E-state index in [1.807, 2.05) is 52.7 Å². The molecule has 6 heteroatoms. The summed E-state index contributed by atoms with van der Waals surface area (Å²) >= 11 is 0. The van der Waals surface area contributed by atoms with Crippen molar-refractivity contribution in [2.75, 3.05) is 31.1 Å². The Labute approximate surface area is 140 Å². The minimum atomic E-state index is 0.109. The Bertz CT molecular complexity index is 880. The highest BCUT2D eigenvalue weighted by Crippen LogP contribution is 2.18. The third kappa shape index (κ3) is 2.60. The molecule has 0 N–H and O–H groups in total. The second-order valence-electron chi connectivity index (χ2n) is 6.05. The van der Waals surface area contributed by atoms with Crippen molar-refractivity contribution in [3.63, 3.8) is 0 Å². The van der Waals surface area contributed by atoms with E-state index >= 15 is 0 Å².